The van der Waals surface area contributed by atoms with E-state index in [1.54, 1.807) is 7.11 Å². The molecule has 0 unspecified atom stereocenters. The van der Waals surface area contributed by atoms with Crippen LogP contribution in [0.4, 0.5) is 0 Å². The summed E-state index contributed by atoms with van der Waals surface area (Å²) >= 11 is 1.92. The van der Waals surface area contributed by atoms with E-state index in [2.05, 4.69) is 125 Å². The van der Waals surface area contributed by atoms with E-state index in [1.807, 2.05) is 11.8 Å². The van der Waals surface area contributed by atoms with Gasteiger partial charge in [-0.25, -0.2) is 0 Å². The summed E-state index contributed by atoms with van der Waals surface area (Å²) in [6, 6.07) is 32.4. The zero-order chi connectivity index (χ0) is 26.1. The fourth-order valence-corrected chi connectivity index (χ4v) is 6.52. The van der Waals surface area contributed by atoms with Gasteiger partial charge in [-0.1, -0.05) is 112 Å². The zero-order valence-electron chi connectivity index (χ0n) is 22.7. The molecule has 3 aromatic carbocycles. The highest BCUT2D eigenvalue weighted by Gasteiger charge is 2.40. The topological polar surface area (TPSA) is 27.7 Å². The van der Waals surface area contributed by atoms with Gasteiger partial charge in [0.2, 0.25) is 0 Å². The number of ether oxygens (including phenoxy) is 2. The molecule has 0 saturated carbocycles. The first-order chi connectivity index (χ1) is 17.2. The molecule has 0 heterocycles. The lowest BCUT2D eigenvalue weighted by Gasteiger charge is -2.39. The second-order valence-electron chi connectivity index (χ2n) is 10.6. The second kappa shape index (κ2) is 13.1. The Bertz CT molecular complexity index is 923. The van der Waals surface area contributed by atoms with Crippen LogP contribution in [0, 0.1) is 0 Å². The molecular formula is C31H42O3SSi. The van der Waals surface area contributed by atoms with Gasteiger partial charge in [0.15, 0.2) is 8.32 Å². The van der Waals surface area contributed by atoms with Gasteiger partial charge in [-0.3, -0.25) is 0 Å². The third-order valence-corrected chi connectivity index (χ3v) is 13.3. The van der Waals surface area contributed by atoms with E-state index in [-0.39, 0.29) is 15.9 Å². The molecule has 194 valence electrons. The second-order valence-corrected chi connectivity index (χ2v) is 16.7. The standard InChI is InChI=1S/C31H42O3SSi/c1-30(2,3)36(5,6)34-24-29(33-23-22-32-4)25-35-31(26-16-10-7-11-17-26,27-18-12-8-13-19-27)28-20-14-9-15-21-28/h7-21,29H,22-25H2,1-6H3/t29-/m1/s1. The van der Waals surface area contributed by atoms with Crippen LogP contribution < -0.4 is 0 Å². The smallest absolute Gasteiger partial charge is 0.192 e. The Morgan fingerprint density at radius 2 is 1.17 bits per heavy atom. The van der Waals surface area contributed by atoms with Gasteiger partial charge >= 0.3 is 0 Å². The van der Waals surface area contributed by atoms with Crippen LogP contribution in [0.15, 0.2) is 91.0 Å². The van der Waals surface area contributed by atoms with E-state index in [4.69, 9.17) is 13.9 Å². The predicted molar refractivity (Wildman–Crippen MR) is 156 cm³/mol. The summed E-state index contributed by atoms with van der Waals surface area (Å²) < 4.78 is 17.9. The van der Waals surface area contributed by atoms with E-state index in [0.717, 1.165) is 5.75 Å². The van der Waals surface area contributed by atoms with Crippen LogP contribution in [0.1, 0.15) is 37.5 Å². The molecule has 0 aromatic heterocycles. The molecule has 1 atom stereocenters. The van der Waals surface area contributed by atoms with Gasteiger partial charge in [0.05, 0.1) is 30.7 Å². The number of hydrogen-bond donors (Lipinski definition) is 0. The minimum absolute atomic E-state index is 0.0465. The predicted octanol–water partition coefficient (Wildman–Crippen LogP) is 7.77. The third kappa shape index (κ3) is 7.11. The van der Waals surface area contributed by atoms with Crippen molar-refractivity contribution in [3.8, 4) is 0 Å². The number of hydrogen-bond acceptors (Lipinski definition) is 4. The van der Waals surface area contributed by atoms with Crippen LogP contribution in [-0.2, 0) is 18.6 Å². The summed E-state index contributed by atoms with van der Waals surface area (Å²) in [6.45, 7) is 13.1. The van der Waals surface area contributed by atoms with Gasteiger partial charge < -0.3 is 13.9 Å². The molecule has 0 fully saturated rings. The minimum Gasteiger partial charge on any atom is -0.414 e. The maximum absolute atomic E-state index is 6.63. The first-order valence-corrected chi connectivity index (χ1v) is 16.6. The molecule has 0 spiro atoms. The number of thioether (sulfide) groups is 1. The summed E-state index contributed by atoms with van der Waals surface area (Å²) in [5, 5.41) is 0.152. The molecule has 36 heavy (non-hydrogen) atoms. The van der Waals surface area contributed by atoms with Crippen molar-refractivity contribution in [2.24, 2.45) is 0 Å². The fraction of sp³-hybridized carbons (Fsp3) is 0.419. The summed E-state index contributed by atoms with van der Waals surface area (Å²) in [7, 11) is -0.190. The zero-order valence-corrected chi connectivity index (χ0v) is 24.5. The third-order valence-electron chi connectivity index (χ3n) is 7.10. The molecule has 0 radical (unpaired) electrons. The largest absolute Gasteiger partial charge is 0.414 e. The van der Waals surface area contributed by atoms with Crippen LogP contribution in [0.25, 0.3) is 0 Å². The average molecular weight is 523 g/mol. The average Bonchev–Trinajstić information content (AvgIpc) is 2.88. The van der Waals surface area contributed by atoms with Crippen molar-refractivity contribution in [1.82, 2.24) is 0 Å². The fourth-order valence-electron chi connectivity index (χ4n) is 3.95. The highest BCUT2D eigenvalue weighted by atomic mass is 32.2. The lowest BCUT2D eigenvalue weighted by molar-refractivity contribution is 0.00395. The van der Waals surface area contributed by atoms with Crippen molar-refractivity contribution in [3.63, 3.8) is 0 Å². The van der Waals surface area contributed by atoms with Crippen molar-refractivity contribution in [3.05, 3.63) is 108 Å². The van der Waals surface area contributed by atoms with Crippen molar-refractivity contribution < 1.29 is 13.9 Å². The van der Waals surface area contributed by atoms with Gasteiger partial charge in [-0.15, -0.1) is 11.8 Å². The minimum atomic E-state index is -1.90. The lowest BCUT2D eigenvalue weighted by Crippen LogP contribution is -2.43. The van der Waals surface area contributed by atoms with E-state index in [9.17, 15) is 0 Å². The van der Waals surface area contributed by atoms with Crippen LogP contribution in [0.3, 0.4) is 0 Å². The maximum Gasteiger partial charge on any atom is 0.192 e. The van der Waals surface area contributed by atoms with Gasteiger partial charge in [-0.2, -0.15) is 0 Å². The quantitative estimate of drug-likeness (QED) is 0.130. The molecular weight excluding hydrogens is 480 g/mol. The molecule has 3 nitrogen and oxygen atoms in total. The van der Waals surface area contributed by atoms with E-state index >= 15 is 0 Å². The highest BCUT2D eigenvalue weighted by molar-refractivity contribution is 8.00. The van der Waals surface area contributed by atoms with E-state index in [0.29, 0.717) is 19.8 Å². The van der Waals surface area contributed by atoms with Gasteiger partial charge in [0.1, 0.15) is 0 Å². The summed E-state index contributed by atoms with van der Waals surface area (Å²) in [4.78, 5) is 0. The molecule has 0 amide bonds. The molecule has 0 aliphatic rings. The molecule has 0 bridgehead atoms. The molecule has 5 heteroatoms. The molecule has 0 aliphatic carbocycles. The Morgan fingerprint density at radius 3 is 1.56 bits per heavy atom. The lowest BCUT2D eigenvalue weighted by atomic mass is 9.84. The highest BCUT2D eigenvalue weighted by Crippen LogP contribution is 2.49. The normalized spacial score (nSPS) is 13.5. The Kier molecular flexibility index (Phi) is 10.4. The number of methoxy groups -OCH3 is 1. The maximum atomic E-state index is 6.63. The van der Waals surface area contributed by atoms with Gasteiger partial charge in [-0.05, 0) is 34.8 Å². The van der Waals surface area contributed by atoms with Crippen LogP contribution in [-0.4, -0.2) is 47.1 Å². The Hall–Kier alpha value is -1.89. The Morgan fingerprint density at radius 1 is 0.722 bits per heavy atom. The molecule has 0 aliphatic heterocycles. The SMILES string of the molecule is COCCO[C@H](CO[Si](C)(C)C(C)(C)C)CSC(c1ccccc1)(c1ccccc1)c1ccccc1. The van der Waals surface area contributed by atoms with Crippen molar-refractivity contribution in [2.75, 3.05) is 32.7 Å². The molecule has 0 N–H and O–H groups in total. The summed E-state index contributed by atoms with van der Waals surface area (Å²) in [6.07, 6.45) is -0.0465. The van der Waals surface area contributed by atoms with Gasteiger partial charge in [0, 0.05) is 12.9 Å². The summed E-state index contributed by atoms with van der Waals surface area (Å²) in [5.41, 5.74) is 3.77. The number of benzene rings is 3. The van der Waals surface area contributed by atoms with E-state index < -0.39 is 8.32 Å². The molecule has 3 aromatic rings. The Labute approximate surface area is 223 Å². The van der Waals surface area contributed by atoms with Crippen molar-refractivity contribution in [2.45, 2.75) is 49.8 Å². The van der Waals surface area contributed by atoms with Crippen molar-refractivity contribution in [1.29, 1.82) is 0 Å². The Balaban J connectivity index is 1.98. The number of rotatable bonds is 13. The van der Waals surface area contributed by atoms with Gasteiger partial charge in [0.25, 0.3) is 0 Å². The molecule has 0 saturated heterocycles. The first kappa shape index (κ1) is 28.7. The first-order valence-electron chi connectivity index (χ1n) is 12.8. The monoisotopic (exact) mass is 522 g/mol. The summed E-state index contributed by atoms with van der Waals surface area (Å²) in [5.74, 6) is 0.789. The van der Waals surface area contributed by atoms with Crippen LogP contribution in [0.2, 0.25) is 18.1 Å². The van der Waals surface area contributed by atoms with E-state index in [1.165, 1.54) is 16.7 Å². The van der Waals surface area contributed by atoms with Crippen LogP contribution >= 0.6 is 11.8 Å². The van der Waals surface area contributed by atoms with Crippen molar-refractivity contribution >= 4 is 20.1 Å². The van der Waals surface area contributed by atoms with Crippen LogP contribution in [0.5, 0.6) is 0 Å². The molecule has 3 rings (SSSR count).